The molecule has 3 rings (SSSR count). The molecule has 5 heteroatoms. The number of halogens is 3. The lowest BCUT2D eigenvalue weighted by molar-refractivity contribution is -0.137. The van der Waals surface area contributed by atoms with E-state index in [1.165, 1.54) is 44.2 Å². The van der Waals surface area contributed by atoms with Crippen LogP contribution in [0.25, 0.3) is 0 Å². The van der Waals surface area contributed by atoms with Crippen LogP contribution in [0.4, 0.5) is 13.2 Å². The van der Waals surface area contributed by atoms with Crippen molar-refractivity contribution in [2.75, 3.05) is 6.61 Å². The summed E-state index contributed by atoms with van der Waals surface area (Å²) >= 11 is 0. The van der Waals surface area contributed by atoms with Crippen LogP contribution in [0.5, 0.6) is 0 Å². The van der Waals surface area contributed by atoms with E-state index in [0.717, 1.165) is 50.2 Å². The minimum absolute atomic E-state index is 0.296. The molecule has 0 saturated heterocycles. The van der Waals surface area contributed by atoms with Crippen LogP contribution >= 0.6 is 0 Å². The molecule has 0 aromatic heterocycles. The predicted molar refractivity (Wildman–Crippen MR) is 112 cm³/mol. The van der Waals surface area contributed by atoms with E-state index >= 15 is 0 Å². The smallest absolute Gasteiger partial charge is 0.378 e. The number of allylic oxidation sites excluding steroid dienone is 2. The summed E-state index contributed by atoms with van der Waals surface area (Å²) in [4.78, 5) is 0. The number of ether oxygens (including phenoxy) is 1. The molecule has 2 saturated carbocycles. The molecule has 0 N–H and O–H groups in total. The van der Waals surface area contributed by atoms with Gasteiger partial charge in [0.2, 0.25) is 0 Å². The normalized spacial score (nSPS) is 27.8. The summed E-state index contributed by atoms with van der Waals surface area (Å²) in [7, 11) is 0. The number of nitrogens with zero attached hydrogens (tertiary/aromatic N) is 1. The Balaban J connectivity index is 1.33. The Labute approximate surface area is 178 Å². The molecule has 0 aliphatic heterocycles. The minimum Gasteiger partial charge on any atom is -0.378 e. The highest BCUT2D eigenvalue weighted by Gasteiger charge is 2.31. The van der Waals surface area contributed by atoms with E-state index in [0.29, 0.717) is 17.9 Å². The average molecular weight is 420 g/mol. The van der Waals surface area contributed by atoms with Gasteiger partial charge in [0.25, 0.3) is 0 Å². The van der Waals surface area contributed by atoms with Crippen molar-refractivity contribution in [1.82, 2.24) is 0 Å². The summed E-state index contributed by atoms with van der Waals surface area (Å²) in [5.74, 6) is 1.78. The Kier molecular flexibility index (Phi) is 8.39. The molecule has 0 bridgehead atoms. The van der Waals surface area contributed by atoms with E-state index < -0.39 is 11.7 Å². The quantitative estimate of drug-likeness (QED) is 0.431. The van der Waals surface area contributed by atoms with Crippen molar-refractivity contribution >= 4 is 0 Å². The summed E-state index contributed by atoms with van der Waals surface area (Å²) in [6.45, 7) is 0.844. The van der Waals surface area contributed by atoms with E-state index in [1.54, 1.807) is 18.2 Å². The summed E-state index contributed by atoms with van der Waals surface area (Å²) in [6, 6.07) is 7.73. The number of hydrogen-bond donors (Lipinski definition) is 0. The molecule has 0 amide bonds. The van der Waals surface area contributed by atoms with Crippen molar-refractivity contribution in [2.24, 2.45) is 11.8 Å². The zero-order valence-corrected chi connectivity index (χ0v) is 17.5. The molecule has 2 aliphatic carbocycles. The molecule has 164 valence electrons. The standard InChI is InChI=1S/C25H32F3NO/c26-25(27,28)23-13-9-21(10-14-23)22-11-15-24(16-12-22)30-18-20-7-5-19(6-8-20)4-2-1-3-17-29/h1,3,9-10,13-14,19-20,22,24H,2,4-8,11-12,15-16,18H2/b3-1+. The van der Waals surface area contributed by atoms with Gasteiger partial charge in [-0.25, -0.2) is 0 Å². The van der Waals surface area contributed by atoms with Gasteiger partial charge in [-0.15, -0.1) is 0 Å². The second-order valence-electron chi connectivity index (χ2n) is 8.92. The van der Waals surface area contributed by atoms with Gasteiger partial charge in [-0.2, -0.15) is 18.4 Å². The summed E-state index contributed by atoms with van der Waals surface area (Å²) in [5, 5.41) is 8.53. The molecule has 2 nitrogen and oxygen atoms in total. The first kappa shape index (κ1) is 22.9. The van der Waals surface area contributed by atoms with Crippen LogP contribution in [-0.2, 0) is 10.9 Å². The molecular weight excluding hydrogens is 387 g/mol. The third-order valence-electron chi connectivity index (χ3n) is 6.85. The first-order valence-corrected chi connectivity index (χ1v) is 11.3. The molecule has 2 fully saturated rings. The average Bonchev–Trinajstić information content (AvgIpc) is 2.76. The van der Waals surface area contributed by atoms with Gasteiger partial charge in [-0.1, -0.05) is 31.1 Å². The minimum atomic E-state index is -4.27. The molecule has 0 heterocycles. The fraction of sp³-hybridized carbons (Fsp3) is 0.640. The SMILES string of the molecule is N#C/C=C/CCC1CCC(COC2CCC(c3ccc(C(F)(F)F)cc3)CC2)CC1. The third-order valence-corrected chi connectivity index (χ3v) is 6.85. The van der Waals surface area contributed by atoms with Gasteiger partial charge >= 0.3 is 6.18 Å². The maximum atomic E-state index is 12.7. The lowest BCUT2D eigenvalue weighted by Crippen LogP contribution is -2.25. The van der Waals surface area contributed by atoms with E-state index in [9.17, 15) is 13.2 Å². The Morgan fingerprint density at radius 1 is 0.933 bits per heavy atom. The molecule has 0 radical (unpaired) electrons. The molecule has 0 spiro atoms. The van der Waals surface area contributed by atoms with Crippen LogP contribution in [0.1, 0.15) is 81.3 Å². The predicted octanol–water partition coefficient (Wildman–Crippen LogP) is 7.41. The van der Waals surface area contributed by atoms with Crippen molar-refractivity contribution in [3.05, 3.63) is 47.5 Å². The van der Waals surface area contributed by atoms with Crippen molar-refractivity contribution in [2.45, 2.75) is 82.4 Å². The molecular formula is C25H32F3NO. The monoisotopic (exact) mass is 419 g/mol. The highest BCUT2D eigenvalue weighted by molar-refractivity contribution is 5.27. The zero-order valence-electron chi connectivity index (χ0n) is 17.5. The van der Waals surface area contributed by atoms with Gasteiger partial charge in [0.15, 0.2) is 0 Å². The van der Waals surface area contributed by atoms with Crippen LogP contribution < -0.4 is 0 Å². The number of benzene rings is 1. The molecule has 2 aliphatic rings. The van der Waals surface area contributed by atoms with Crippen LogP contribution in [0, 0.1) is 23.2 Å². The van der Waals surface area contributed by atoms with Crippen molar-refractivity contribution in [3.63, 3.8) is 0 Å². The molecule has 1 aromatic rings. The number of alkyl halides is 3. The summed E-state index contributed by atoms with van der Waals surface area (Å²) in [5.41, 5.74) is 0.445. The Bertz CT molecular complexity index is 703. The van der Waals surface area contributed by atoms with Gasteiger partial charge in [-0.05, 0) is 86.8 Å². The van der Waals surface area contributed by atoms with E-state index in [-0.39, 0.29) is 0 Å². The lowest BCUT2D eigenvalue weighted by Gasteiger charge is -2.32. The Hall–Kier alpha value is -1.80. The van der Waals surface area contributed by atoms with Crippen LogP contribution in [0.2, 0.25) is 0 Å². The van der Waals surface area contributed by atoms with E-state index in [1.807, 2.05) is 12.1 Å². The van der Waals surface area contributed by atoms with Crippen molar-refractivity contribution < 1.29 is 17.9 Å². The van der Waals surface area contributed by atoms with Gasteiger partial charge in [0, 0.05) is 12.7 Å². The van der Waals surface area contributed by atoms with E-state index in [2.05, 4.69) is 0 Å². The van der Waals surface area contributed by atoms with Gasteiger partial charge in [-0.3, -0.25) is 0 Å². The number of nitriles is 1. The second-order valence-corrected chi connectivity index (χ2v) is 8.92. The molecule has 0 atom stereocenters. The Morgan fingerprint density at radius 3 is 2.17 bits per heavy atom. The fourth-order valence-corrected chi connectivity index (χ4v) is 4.93. The number of rotatable bonds is 7. The van der Waals surface area contributed by atoms with E-state index in [4.69, 9.17) is 10.00 Å². The second kappa shape index (κ2) is 11.0. The maximum Gasteiger partial charge on any atom is 0.416 e. The largest absolute Gasteiger partial charge is 0.416 e. The van der Waals surface area contributed by atoms with Gasteiger partial charge in [0.05, 0.1) is 17.7 Å². The fourth-order valence-electron chi connectivity index (χ4n) is 4.93. The maximum absolute atomic E-state index is 12.7. The van der Waals surface area contributed by atoms with Crippen LogP contribution in [0.3, 0.4) is 0 Å². The lowest BCUT2D eigenvalue weighted by atomic mass is 9.80. The Morgan fingerprint density at radius 2 is 1.57 bits per heavy atom. The zero-order chi connectivity index (χ0) is 21.4. The van der Waals surface area contributed by atoms with Gasteiger partial charge < -0.3 is 4.74 Å². The first-order valence-electron chi connectivity index (χ1n) is 11.3. The molecule has 1 aromatic carbocycles. The molecule has 30 heavy (non-hydrogen) atoms. The van der Waals surface area contributed by atoms with Crippen molar-refractivity contribution in [3.8, 4) is 6.07 Å². The highest BCUT2D eigenvalue weighted by atomic mass is 19.4. The van der Waals surface area contributed by atoms with Crippen LogP contribution in [-0.4, -0.2) is 12.7 Å². The summed E-state index contributed by atoms with van der Waals surface area (Å²) < 4.78 is 44.4. The molecule has 0 unspecified atom stereocenters. The first-order chi connectivity index (χ1) is 14.5. The summed E-state index contributed by atoms with van der Waals surface area (Å²) in [6.07, 6.45) is 10.7. The topological polar surface area (TPSA) is 33.0 Å². The third kappa shape index (κ3) is 6.87. The van der Waals surface area contributed by atoms with Crippen LogP contribution in [0.15, 0.2) is 36.4 Å². The number of hydrogen-bond acceptors (Lipinski definition) is 2. The highest BCUT2D eigenvalue weighted by Crippen LogP contribution is 2.37. The van der Waals surface area contributed by atoms with Gasteiger partial charge in [0.1, 0.15) is 0 Å². The van der Waals surface area contributed by atoms with Crippen molar-refractivity contribution in [1.29, 1.82) is 5.26 Å².